The van der Waals surface area contributed by atoms with Crippen LogP contribution in [0.4, 0.5) is 24.7 Å². The van der Waals surface area contributed by atoms with Gasteiger partial charge in [-0.05, 0) is 30.3 Å². The number of benzene rings is 1. The number of pyridine rings is 1. The van der Waals surface area contributed by atoms with Gasteiger partial charge in [-0.15, -0.1) is 0 Å². The standard InChI is InChI=1S/C18H14F3N5O/c19-18(20,21)12-4-3-6-13(8-12)26-17(27)15-9-16(25-11-24-15)23-10-14-5-1-2-7-22-14/h1-9,11H,10H2,(H,26,27)(H,23,24,25). The van der Waals surface area contributed by atoms with Crippen LogP contribution in [0.5, 0.6) is 0 Å². The highest BCUT2D eigenvalue weighted by molar-refractivity contribution is 6.03. The van der Waals surface area contributed by atoms with Crippen molar-refractivity contribution in [3.05, 3.63) is 78.0 Å². The molecule has 1 amide bonds. The van der Waals surface area contributed by atoms with Crippen LogP contribution in [-0.4, -0.2) is 20.9 Å². The van der Waals surface area contributed by atoms with Gasteiger partial charge in [-0.2, -0.15) is 13.2 Å². The van der Waals surface area contributed by atoms with Crippen LogP contribution in [0.25, 0.3) is 0 Å². The molecule has 0 saturated heterocycles. The number of halogens is 3. The Morgan fingerprint density at radius 1 is 1.00 bits per heavy atom. The number of nitrogens with zero attached hydrogens (tertiary/aromatic N) is 3. The predicted molar refractivity (Wildman–Crippen MR) is 93.0 cm³/mol. The van der Waals surface area contributed by atoms with Gasteiger partial charge in [0.15, 0.2) is 0 Å². The van der Waals surface area contributed by atoms with Gasteiger partial charge in [-0.25, -0.2) is 9.97 Å². The summed E-state index contributed by atoms with van der Waals surface area (Å²) in [4.78, 5) is 24.3. The van der Waals surface area contributed by atoms with Crippen molar-refractivity contribution in [3.8, 4) is 0 Å². The summed E-state index contributed by atoms with van der Waals surface area (Å²) in [5.41, 5.74) is -0.0193. The van der Waals surface area contributed by atoms with Gasteiger partial charge >= 0.3 is 6.18 Å². The number of anilines is 2. The summed E-state index contributed by atoms with van der Waals surface area (Å²) < 4.78 is 38.3. The highest BCUT2D eigenvalue weighted by Crippen LogP contribution is 2.30. The summed E-state index contributed by atoms with van der Waals surface area (Å²) in [5.74, 6) is -0.248. The van der Waals surface area contributed by atoms with Crippen molar-refractivity contribution < 1.29 is 18.0 Å². The number of hydrogen-bond donors (Lipinski definition) is 2. The second-order valence-corrected chi connectivity index (χ2v) is 5.50. The van der Waals surface area contributed by atoms with E-state index < -0.39 is 17.6 Å². The molecule has 27 heavy (non-hydrogen) atoms. The number of carbonyl (C=O) groups is 1. The van der Waals surface area contributed by atoms with E-state index >= 15 is 0 Å². The van der Waals surface area contributed by atoms with Crippen LogP contribution in [0.2, 0.25) is 0 Å². The molecular formula is C18H14F3N5O. The van der Waals surface area contributed by atoms with Gasteiger partial charge in [-0.1, -0.05) is 12.1 Å². The van der Waals surface area contributed by atoms with Crippen molar-refractivity contribution in [2.24, 2.45) is 0 Å². The van der Waals surface area contributed by atoms with Gasteiger partial charge in [0.2, 0.25) is 0 Å². The number of aromatic nitrogens is 3. The molecule has 3 rings (SSSR count). The number of rotatable bonds is 5. The third-order valence-corrected chi connectivity index (χ3v) is 3.52. The maximum absolute atomic E-state index is 12.8. The number of hydrogen-bond acceptors (Lipinski definition) is 5. The molecule has 1 aromatic carbocycles. The van der Waals surface area contributed by atoms with E-state index in [1.807, 2.05) is 12.1 Å². The van der Waals surface area contributed by atoms with E-state index in [4.69, 9.17) is 0 Å². The Kier molecular flexibility index (Phi) is 5.30. The zero-order chi connectivity index (χ0) is 19.3. The van der Waals surface area contributed by atoms with E-state index in [-0.39, 0.29) is 11.4 Å². The largest absolute Gasteiger partial charge is 0.416 e. The molecule has 9 heteroatoms. The zero-order valence-electron chi connectivity index (χ0n) is 13.9. The predicted octanol–water partition coefficient (Wildman–Crippen LogP) is 3.75. The molecule has 0 fully saturated rings. The van der Waals surface area contributed by atoms with Crippen LogP contribution >= 0.6 is 0 Å². The van der Waals surface area contributed by atoms with Crippen molar-refractivity contribution in [2.75, 3.05) is 10.6 Å². The molecule has 0 aliphatic carbocycles. The monoisotopic (exact) mass is 373 g/mol. The van der Waals surface area contributed by atoms with Gasteiger partial charge in [0.25, 0.3) is 5.91 Å². The van der Waals surface area contributed by atoms with E-state index in [0.717, 1.165) is 17.8 Å². The number of carbonyl (C=O) groups excluding carboxylic acids is 1. The Balaban J connectivity index is 1.68. The second kappa shape index (κ2) is 7.81. The fourth-order valence-electron chi connectivity index (χ4n) is 2.23. The molecule has 0 unspecified atom stereocenters. The van der Waals surface area contributed by atoms with Crippen LogP contribution in [0.15, 0.2) is 61.1 Å². The molecule has 0 bridgehead atoms. The third kappa shape index (κ3) is 5.00. The quantitative estimate of drug-likeness (QED) is 0.712. The van der Waals surface area contributed by atoms with Crippen molar-refractivity contribution in [1.82, 2.24) is 15.0 Å². The number of alkyl halides is 3. The molecule has 3 aromatic rings. The third-order valence-electron chi connectivity index (χ3n) is 3.52. The number of nitrogens with one attached hydrogen (secondary N) is 2. The van der Waals surface area contributed by atoms with E-state index in [1.165, 1.54) is 24.5 Å². The van der Waals surface area contributed by atoms with E-state index in [2.05, 4.69) is 25.6 Å². The van der Waals surface area contributed by atoms with Crippen molar-refractivity contribution >= 4 is 17.4 Å². The Morgan fingerprint density at radius 3 is 2.59 bits per heavy atom. The van der Waals surface area contributed by atoms with Crippen LogP contribution in [0.1, 0.15) is 21.7 Å². The summed E-state index contributed by atoms with van der Waals surface area (Å²) in [6, 6.07) is 11.3. The lowest BCUT2D eigenvalue weighted by atomic mass is 10.2. The van der Waals surface area contributed by atoms with Gasteiger partial charge < -0.3 is 10.6 Å². The fourth-order valence-corrected chi connectivity index (χ4v) is 2.23. The molecule has 0 aliphatic rings. The zero-order valence-corrected chi connectivity index (χ0v) is 13.9. The van der Waals surface area contributed by atoms with Crippen LogP contribution in [0, 0.1) is 0 Å². The van der Waals surface area contributed by atoms with Crippen molar-refractivity contribution in [1.29, 1.82) is 0 Å². The van der Waals surface area contributed by atoms with Crippen LogP contribution in [-0.2, 0) is 12.7 Å². The molecule has 0 aliphatic heterocycles. The molecular weight excluding hydrogens is 359 g/mol. The second-order valence-electron chi connectivity index (χ2n) is 5.50. The molecule has 0 radical (unpaired) electrons. The number of amides is 1. The summed E-state index contributed by atoms with van der Waals surface area (Å²) >= 11 is 0. The molecule has 2 aromatic heterocycles. The van der Waals surface area contributed by atoms with Gasteiger partial charge in [0.1, 0.15) is 17.8 Å². The Labute approximate surface area is 152 Å². The van der Waals surface area contributed by atoms with E-state index in [9.17, 15) is 18.0 Å². The molecule has 138 valence electrons. The molecule has 0 saturated carbocycles. The SMILES string of the molecule is O=C(Nc1cccc(C(F)(F)F)c1)c1cc(NCc2ccccn2)ncn1. The first kappa shape index (κ1) is 18.3. The fraction of sp³-hybridized carbons (Fsp3) is 0.111. The maximum Gasteiger partial charge on any atom is 0.416 e. The molecule has 2 heterocycles. The van der Waals surface area contributed by atoms with Crippen LogP contribution < -0.4 is 10.6 Å². The molecule has 2 N–H and O–H groups in total. The smallest absolute Gasteiger partial charge is 0.364 e. The average Bonchev–Trinajstić information content (AvgIpc) is 2.67. The first-order chi connectivity index (χ1) is 12.9. The van der Waals surface area contributed by atoms with E-state index in [0.29, 0.717) is 12.4 Å². The summed E-state index contributed by atoms with van der Waals surface area (Å²) in [5, 5.41) is 5.41. The Hall–Kier alpha value is -3.49. The average molecular weight is 373 g/mol. The minimum atomic E-state index is -4.49. The lowest BCUT2D eigenvalue weighted by Gasteiger charge is -2.10. The highest BCUT2D eigenvalue weighted by Gasteiger charge is 2.30. The molecule has 0 spiro atoms. The summed E-state index contributed by atoms with van der Waals surface area (Å²) in [7, 11) is 0. The maximum atomic E-state index is 12.8. The minimum absolute atomic E-state index is 0.0194. The molecule has 6 nitrogen and oxygen atoms in total. The van der Waals surface area contributed by atoms with Crippen molar-refractivity contribution in [3.63, 3.8) is 0 Å². The normalized spacial score (nSPS) is 11.1. The molecule has 0 atom stereocenters. The van der Waals surface area contributed by atoms with Gasteiger partial charge in [0.05, 0.1) is 17.8 Å². The Morgan fingerprint density at radius 2 is 1.85 bits per heavy atom. The van der Waals surface area contributed by atoms with Crippen LogP contribution in [0.3, 0.4) is 0 Å². The topological polar surface area (TPSA) is 79.8 Å². The lowest BCUT2D eigenvalue weighted by molar-refractivity contribution is -0.137. The minimum Gasteiger partial charge on any atom is -0.364 e. The van der Waals surface area contributed by atoms with Gasteiger partial charge in [-0.3, -0.25) is 9.78 Å². The first-order valence-corrected chi connectivity index (χ1v) is 7.86. The summed E-state index contributed by atoms with van der Waals surface area (Å²) in [6.45, 7) is 0.395. The highest BCUT2D eigenvalue weighted by atomic mass is 19.4. The van der Waals surface area contributed by atoms with Crippen molar-refractivity contribution in [2.45, 2.75) is 12.7 Å². The van der Waals surface area contributed by atoms with E-state index in [1.54, 1.807) is 12.3 Å². The van der Waals surface area contributed by atoms with Gasteiger partial charge in [0, 0.05) is 18.0 Å². The summed E-state index contributed by atoms with van der Waals surface area (Å²) in [6.07, 6.45) is -1.63. The lowest BCUT2D eigenvalue weighted by Crippen LogP contribution is -2.15. The Bertz CT molecular complexity index is 932. The first-order valence-electron chi connectivity index (χ1n) is 7.86.